The lowest BCUT2D eigenvalue weighted by molar-refractivity contribution is -0.119. The van der Waals surface area contributed by atoms with Gasteiger partial charge in [0.1, 0.15) is 5.82 Å². The van der Waals surface area contributed by atoms with Gasteiger partial charge in [0.05, 0.1) is 11.9 Å². The van der Waals surface area contributed by atoms with Crippen molar-refractivity contribution in [2.24, 2.45) is 0 Å². The van der Waals surface area contributed by atoms with Gasteiger partial charge in [0.15, 0.2) is 11.0 Å². The number of benzene rings is 2. The average Bonchev–Trinajstić information content (AvgIpc) is 3.42. The van der Waals surface area contributed by atoms with Gasteiger partial charge in [-0.1, -0.05) is 30.0 Å². The molecule has 1 amide bonds. The number of aromatic nitrogens is 3. The number of carbonyl (C=O) groups is 1. The third-order valence-electron chi connectivity index (χ3n) is 4.63. The molecule has 3 aromatic rings. The first kappa shape index (κ1) is 19.6. The maximum atomic E-state index is 13.3. The second kappa shape index (κ2) is 9.19. The van der Waals surface area contributed by atoms with Crippen molar-refractivity contribution in [2.75, 3.05) is 18.9 Å². The fourth-order valence-corrected chi connectivity index (χ4v) is 3.96. The van der Waals surface area contributed by atoms with Crippen molar-refractivity contribution in [3.63, 3.8) is 0 Å². The molecule has 0 aliphatic carbocycles. The number of halogens is 1. The lowest BCUT2D eigenvalue weighted by Crippen LogP contribution is -2.32. The largest absolute Gasteiger partial charge is 0.376 e. The molecule has 4 rings (SSSR count). The van der Waals surface area contributed by atoms with Gasteiger partial charge in [0, 0.05) is 24.4 Å². The minimum atomic E-state index is -0.308. The molecule has 0 radical (unpaired) electrons. The second-order valence-electron chi connectivity index (χ2n) is 6.71. The SMILES string of the molecule is O=C(CSc1nnc(-c2ccc(F)cc2)n1-c1ccccc1)NCC1CCCO1. The van der Waals surface area contributed by atoms with Crippen LogP contribution >= 0.6 is 11.8 Å². The molecule has 2 heterocycles. The van der Waals surface area contributed by atoms with Crippen LogP contribution in [-0.2, 0) is 9.53 Å². The third kappa shape index (κ3) is 4.83. The van der Waals surface area contributed by atoms with Gasteiger partial charge < -0.3 is 10.1 Å². The van der Waals surface area contributed by atoms with E-state index in [-0.39, 0.29) is 23.6 Å². The summed E-state index contributed by atoms with van der Waals surface area (Å²) in [5, 5.41) is 12.1. The molecule has 1 aromatic heterocycles. The Morgan fingerprint density at radius 2 is 1.97 bits per heavy atom. The van der Waals surface area contributed by atoms with Crippen LogP contribution in [0.25, 0.3) is 17.1 Å². The predicted octanol–water partition coefficient (Wildman–Crippen LogP) is 3.46. The number of amides is 1. The van der Waals surface area contributed by atoms with Crippen molar-refractivity contribution in [1.82, 2.24) is 20.1 Å². The highest BCUT2D eigenvalue weighted by atomic mass is 32.2. The van der Waals surface area contributed by atoms with E-state index >= 15 is 0 Å². The van der Waals surface area contributed by atoms with Gasteiger partial charge in [-0.15, -0.1) is 10.2 Å². The van der Waals surface area contributed by atoms with Crippen LogP contribution in [0.15, 0.2) is 59.8 Å². The van der Waals surface area contributed by atoms with Gasteiger partial charge in [0.2, 0.25) is 5.91 Å². The van der Waals surface area contributed by atoms with E-state index in [1.165, 1.54) is 23.9 Å². The molecule has 8 heteroatoms. The van der Waals surface area contributed by atoms with E-state index in [0.717, 1.165) is 30.7 Å². The zero-order chi connectivity index (χ0) is 20.1. The zero-order valence-electron chi connectivity index (χ0n) is 15.8. The summed E-state index contributed by atoms with van der Waals surface area (Å²) in [5.74, 6) is 0.438. The zero-order valence-corrected chi connectivity index (χ0v) is 16.6. The molecule has 6 nitrogen and oxygen atoms in total. The first-order chi connectivity index (χ1) is 14.2. The Morgan fingerprint density at radius 1 is 1.17 bits per heavy atom. The minimum absolute atomic E-state index is 0.0727. The molecule has 1 atom stereocenters. The van der Waals surface area contributed by atoms with Crippen molar-refractivity contribution in [1.29, 1.82) is 0 Å². The van der Waals surface area contributed by atoms with Gasteiger partial charge >= 0.3 is 0 Å². The van der Waals surface area contributed by atoms with E-state index in [9.17, 15) is 9.18 Å². The second-order valence-corrected chi connectivity index (χ2v) is 7.65. The number of hydrogen-bond acceptors (Lipinski definition) is 5. The Morgan fingerprint density at radius 3 is 2.69 bits per heavy atom. The van der Waals surface area contributed by atoms with Gasteiger partial charge in [-0.25, -0.2) is 4.39 Å². The van der Waals surface area contributed by atoms with Crippen molar-refractivity contribution >= 4 is 17.7 Å². The number of hydrogen-bond donors (Lipinski definition) is 1. The number of nitrogens with one attached hydrogen (secondary N) is 1. The molecule has 1 fully saturated rings. The topological polar surface area (TPSA) is 69.0 Å². The molecule has 1 N–H and O–H groups in total. The summed E-state index contributed by atoms with van der Waals surface area (Å²) in [6, 6.07) is 15.8. The van der Waals surface area contributed by atoms with Crippen LogP contribution in [-0.4, -0.2) is 45.7 Å². The summed E-state index contributed by atoms with van der Waals surface area (Å²) < 4.78 is 20.7. The van der Waals surface area contributed by atoms with Crippen LogP contribution in [0.5, 0.6) is 0 Å². The van der Waals surface area contributed by atoms with Gasteiger partial charge in [-0.3, -0.25) is 9.36 Å². The lowest BCUT2D eigenvalue weighted by atomic mass is 10.2. The van der Waals surface area contributed by atoms with Crippen LogP contribution < -0.4 is 5.32 Å². The molecular weight excluding hydrogens is 391 g/mol. The van der Waals surface area contributed by atoms with Crippen molar-refractivity contribution < 1.29 is 13.9 Å². The lowest BCUT2D eigenvalue weighted by Gasteiger charge is -2.12. The summed E-state index contributed by atoms with van der Waals surface area (Å²) in [4.78, 5) is 12.2. The highest BCUT2D eigenvalue weighted by molar-refractivity contribution is 7.99. The number of carbonyl (C=O) groups excluding carboxylic acids is 1. The molecule has 2 aromatic carbocycles. The van der Waals surface area contributed by atoms with Crippen LogP contribution in [0, 0.1) is 5.82 Å². The third-order valence-corrected chi connectivity index (χ3v) is 5.56. The number of thioether (sulfide) groups is 1. The molecule has 1 aliphatic rings. The Labute approximate surface area is 172 Å². The van der Waals surface area contributed by atoms with Crippen molar-refractivity contribution in [3.05, 3.63) is 60.4 Å². The van der Waals surface area contributed by atoms with Crippen LogP contribution in [0.4, 0.5) is 4.39 Å². The molecular formula is C21H21FN4O2S. The van der Waals surface area contributed by atoms with E-state index in [0.29, 0.717) is 17.5 Å². The average molecular weight is 412 g/mol. The number of ether oxygens (including phenoxy) is 1. The summed E-state index contributed by atoms with van der Waals surface area (Å²) in [6.07, 6.45) is 2.14. The first-order valence-electron chi connectivity index (χ1n) is 9.48. The maximum Gasteiger partial charge on any atom is 0.230 e. The van der Waals surface area contributed by atoms with E-state index in [2.05, 4.69) is 15.5 Å². The smallest absolute Gasteiger partial charge is 0.230 e. The monoisotopic (exact) mass is 412 g/mol. The van der Waals surface area contributed by atoms with E-state index in [1.54, 1.807) is 12.1 Å². The molecule has 0 saturated carbocycles. The van der Waals surface area contributed by atoms with Crippen LogP contribution in [0.3, 0.4) is 0 Å². The Hall–Kier alpha value is -2.71. The van der Waals surface area contributed by atoms with E-state index in [1.807, 2.05) is 34.9 Å². The highest BCUT2D eigenvalue weighted by Gasteiger charge is 2.19. The summed E-state index contributed by atoms with van der Waals surface area (Å²) in [7, 11) is 0. The van der Waals surface area contributed by atoms with Gasteiger partial charge in [-0.2, -0.15) is 0 Å². The molecule has 0 bridgehead atoms. The normalized spacial score (nSPS) is 16.1. The van der Waals surface area contributed by atoms with Crippen molar-refractivity contribution in [3.8, 4) is 17.1 Å². The Bertz CT molecular complexity index is 957. The van der Waals surface area contributed by atoms with Crippen molar-refractivity contribution in [2.45, 2.75) is 24.1 Å². The Balaban J connectivity index is 1.52. The molecule has 1 saturated heterocycles. The summed E-state index contributed by atoms with van der Waals surface area (Å²) in [5.41, 5.74) is 1.62. The summed E-state index contributed by atoms with van der Waals surface area (Å²) >= 11 is 1.31. The standard InChI is InChI=1S/C21H21FN4O2S/c22-16-10-8-15(9-11-16)20-24-25-21(26(20)17-5-2-1-3-6-17)29-14-19(27)23-13-18-7-4-12-28-18/h1-3,5-6,8-11,18H,4,7,12-14H2,(H,23,27). The first-order valence-corrected chi connectivity index (χ1v) is 10.5. The number of para-hydroxylation sites is 1. The van der Waals surface area contributed by atoms with Gasteiger partial charge in [0.25, 0.3) is 0 Å². The summed E-state index contributed by atoms with van der Waals surface area (Å²) in [6.45, 7) is 1.30. The quantitative estimate of drug-likeness (QED) is 0.602. The Kier molecular flexibility index (Phi) is 6.21. The van der Waals surface area contributed by atoms with E-state index < -0.39 is 0 Å². The molecule has 150 valence electrons. The molecule has 1 aliphatic heterocycles. The number of rotatable bonds is 7. The van der Waals surface area contributed by atoms with Crippen LogP contribution in [0.1, 0.15) is 12.8 Å². The maximum absolute atomic E-state index is 13.3. The highest BCUT2D eigenvalue weighted by Crippen LogP contribution is 2.28. The van der Waals surface area contributed by atoms with Crippen LogP contribution in [0.2, 0.25) is 0 Å². The van der Waals surface area contributed by atoms with Gasteiger partial charge in [-0.05, 0) is 49.2 Å². The number of nitrogens with zero attached hydrogens (tertiary/aromatic N) is 3. The molecule has 29 heavy (non-hydrogen) atoms. The predicted molar refractivity (Wildman–Crippen MR) is 109 cm³/mol. The fraction of sp³-hybridized carbons (Fsp3) is 0.286. The molecule has 1 unspecified atom stereocenters. The minimum Gasteiger partial charge on any atom is -0.376 e. The molecule has 0 spiro atoms. The van der Waals surface area contributed by atoms with E-state index in [4.69, 9.17) is 4.74 Å². The fourth-order valence-electron chi connectivity index (χ4n) is 3.17.